The third-order valence-corrected chi connectivity index (χ3v) is 3.00. The summed E-state index contributed by atoms with van der Waals surface area (Å²) < 4.78 is 0. The van der Waals surface area contributed by atoms with E-state index in [4.69, 9.17) is 5.26 Å². The van der Waals surface area contributed by atoms with E-state index in [0.29, 0.717) is 12.4 Å². The first-order valence-electron chi connectivity index (χ1n) is 6.06. The van der Waals surface area contributed by atoms with Crippen LogP contribution in [-0.4, -0.2) is 15.0 Å². The molecular formula is C14H11N5O. The number of aromatic amines is 2. The molecule has 98 valence electrons. The first-order valence-corrected chi connectivity index (χ1v) is 6.06. The second-order valence-electron chi connectivity index (χ2n) is 4.31. The predicted octanol–water partition coefficient (Wildman–Crippen LogP) is 1.73. The van der Waals surface area contributed by atoms with Crippen LogP contribution in [0.15, 0.2) is 41.3 Å². The largest absolute Gasteiger partial charge is 0.366 e. The Hall–Kier alpha value is -3.07. The Morgan fingerprint density at radius 1 is 1.35 bits per heavy atom. The number of anilines is 1. The van der Waals surface area contributed by atoms with Crippen molar-refractivity contribution in [1.29, 1.82) is 5.26 Å². The number of nitriles is 1. The molecule has 0 atom stereocenters. The Bertz CT molecular complexity index is 856. The second kappa shape index (κ2) is 4.90. The number of H-pyrrole nitrogens is 2. The molecule has 3 aromatic rings. The molecule has 0 aliphatic carbocycles. The summed E-state index contributed by atoms with van der Waals surface area (Å²) in [6, 6.07) is 11.4. The third-order valence-electron chi connectivity index (χ3n) is 3.00. The first-order chi connectivity index (χ1) is 9.76. The van der Waals surface area contributed by atoms with Gasteiger partial charge in [-0.2, -0.15) is 10.2 Å². The van der Waals surface area contributed by atoms with Crippen molar-refractivity contribution in [3.8, 4) is 6.07 Å². The Labute approximate surface area is 114 Å². The smallest absolute Gasteiger partial charge is 0.347 e. The maximum Gasteiger partial charge on any atom is 0.347 e. The first kappa shape index (κ1) is 12.0. The molecule has 0 fully saturated rings. The molecule has 6 nitrogen and oxygen atoms in total. The van der Waals surface area contributed by atoms with Gasteiger partial charge in [0.1, 0.15) is 17.6 Å². The lowest BCUT2D eigenvalue weighted by molar-refractivity contribution is 1.02. The van der Waals surface area contributed by atoms with Crippen LogP contribution in [-0.2, 0) is 6.54 Å². The van der Waals surface area contributed by atoms with Gasteiger partial charge in [0.25, 0.3) is 0 Å². The number of hydrogen-bond acceptors (Lipinski definition) is 4. The number of aromatic nitrogens is 3. The lowest BCUT2D eigenvalue weighted by Gasteiger charge is -2.04. The zero-order valence-electron chi connectivity index (χ0n) is 10.5. The van der Waals surface area contributed by atoms with Gasteiger partial charge in [-0.3, -0.25) is 4.98 Å². The average Bonchev–Trinajstić information content (AvgIpc) is 2.88. The van der Waals surface area contributed by atoms with Gasteiger partial charge in [-0.05, 0) is 11.6 Å². The summed E-state index contributed by atoms with van der Waals surface area (Å²) in [5.74, 6) is 0.385. The van der Waals surface area contributed by atoms with Crippen LogP contribution in [0.4, 0.5) is 5.82 Å². The second-order valence-corrected chi connectivity index (χ2v) is 4.31. The summed E-state index contributed by atoms with van der Waals surface area (Å²) in [6.07, 6.45) is 1.91. The molecule has 0 unspecified atom stereocenters. The lowest BCUT2D eigenvalue weighted by Crippen LogP contribution is -2.14. The highest BCUT2D eigenvalue weighted by molar-refractivity contribution is 5.83. The van der Waals surface area contributed by atoms with Crippen LogP contribution in [0, 0.1) is 11.3 Å². The molecule has 2 heterocycles. The van der Waals surface area contributed by atoms with Crippen molar-refractivity contribution in [1.82, 2.24) is 15.0 Å². The van der Waals surface area contributed by atoms with E-state index in [1.165, 1.54) is 6.07 Å². The number of para-hydroxylation sites is 1. The number of benzene rings is 1. The minimum absolute atomic E-state index is 0.187. The van der Waals surface area contributed by atoms with Crippen molar-refractivity contribution < 1.29 is 0 Å². The van der Waals surface area contributed by atoms with E-state index in [1.807, 2.05) is 36.5 Å². The third kappa shape index (κ3) is 2.24. The Kier molecular flexibility index (Phi) is 2.94. The number of fused-ring (bicyclic) bond motifs is 1. The van der Waals surface area contributed by atoms with Crippen LogP contribution in [0.1, 0.15) is 11.3 Å². The molecule has 0 aliphatic rings. The summed E-state index contributed by atoms with van der Waals surface area (Å²) >= 11 is 0. The van der Waals surface area contributed by atoms with Gasteiger partial charge in [0, 0.05) is 29.7 Å². The van der Waals surface area contributed by atoms with E-state index < -0.39 is 5.69 Å². The zero-order valence-corrected chi connectivity index (χ0v) is 10.5. The van der Waals surface area contributed by atoms with Crippen LogP contribution in [0.25, 0.3) is 10.9 Å². The van der Waals surface area contributed by atoms with Crippen molar-refractivity contribution in [3.63, 3.8) is 0 Å². The molecule has 0 amide bonds. The fourth-order valence-electron chi connectivity index (χ4n) is 2.07. The Balaban J connectivity index is 1.85. The Morgan fingerprint density at radius 3 is 3.05 bits per heavy atom. The zero-order chi connectivity index (χ0) is 13.9. The van der Waals surface area contributed by atoms with Gasteiger partial charge in [-0.25, -0.2) is 4.79 Å². The summed E-state index contributed by atoms with van der Waals surface area (Å²) in [6.45, 7) is 0.519. The molecule has 0 spiro atoms. The molecule has 2 aromatic heterocycles. The summed E-state index contributed by atoms with van der Waals surface area (Å²) in [5.41, 5.74) is 1.78. The van der Waals surface area contributed by atoms with Gasteiger partial charge < -0.3 is 10.3 Å². The van der Waals surface area contributed by atoms with Crippen molar-refractivity contribution in [2.45, 2.75) is 6.54 Å². The maximum atomic E-state index is 11.3. The highest BCUT2D eigenvalue weighted by atomic mass is 16.1. The highest BCUT2D eigenvalue weighted by Gasteiger charge is 2.04. The molecule has 0 saturated heterocycles. The summed E-state index contributed by atoms with van der Waals surface area (Å²) in [4.78, 5) is 20.6. The van der Waals surface area contributed by atoms with Gasteiger partial charge in [0.15, 0.2) is 0 Å². The number of hydrogen-bond donors (Lipinski definition) is 3. The molecule has 0 bridgehead atoms. The SMILES string of the molecule is N#Cc1cc(NCc2c[nH]c3ccccc23)nc(=O)[nH]1. The van der Waals surface area contributed by atoms with E-state index in [9.17, 15) is 4.79 Å². The van der Waals surface area contributed by atoms with E-state index in [2.05, 4.69) is 20.3 Å². The summed E-state index contributed by atoms with van der Waals surface area (Å²) in [5, 5.41) is 13.0. The molecule has 0 radical (unpaired) electrons. The van der Waals surface area contributed by atoms with Crippen molar-refractivity contribution >= 4 is 16.7 Å². The fraction of sp³-hybridized carbons (Fsp3) is 0.0714. The fourth-order valence-corrected chi connectivity index (χ4v) is 2.07. The molecule has 20 heavy (non-hydrogen) atoms. The van der Waals surface area contributed by atoms with Crippen LogP contribution in [0.2, 0.25) is 0 Å². The van der Waals surface area contributed by atoms with Crippen LogP contribution in [0.5, 0.6) is 0 Å². The minimum atomic E-state index is -0.537. The highest BCUT2D eigenvalue weighted by Crippen LogP contribution is 2.18. The number of nitrogens with zero attached hydrogens (tertiary/aromatic N) is 2. The van der Waals surface area contributed by atoms with Crippen LogP contribution < -0.4 is 11.0 Å². The molecule has 0 aliphatic heterocycles. The normalized spacial score (nSPS) is 10.3. The van der Waals surface area contributed by atoms with Crippen LogP contribution >= 0.6 is 0 Å². The molecule has 0 saturated carbocycles. The van der Waals surface area contributed by atoms with E-state index >= 15 is 0 Å². The molecule has 6 heteroatoms. The molecule has 1 aromatic carbocycles. The van der Waals surface area contributed by atoms with Gasteiger partial charge in [0.2, 0.25) is 0 Å². The topological polar surface area (TPSA) is 97.4 Å². The quantitative estimate of drug-likeness (QED) is 0.671. The van der Waals surface area contributed by atoms with Gasteiger partial charge >= 0.3 is 5.69 Å². The number of nitrogens with one attached hydrogen (secondary N) is 3. The van der Waals surface area contributed by atoms with Crippen molar-refractivity contribution in [2.75, 3.05) is 5.32 Å². The van der Waals surface area contributed by atoms with Crippen molar-refractivity contribution in [3.05, 3.63) is 58.3 Å². The average molecular weight is 265 g/mol. The maximum absolute atomic E-state index is 11.3. The predicted molar refractivity (Wildman–Crippen MR) is 75.2 cm³/mol. The Morgan fingerprint density at radius 2 is 2.20 bits per heavy atom. The summed E-state index contributed by atoms with van der Waals surface area (Å²) in [7, 11) is 0. The lowest BCUT2D eigenvalue weighted by atomic mass is 10.2. The minimum Gasteiger partial charge on any atom is -0.366 e. The standard InChI is InChI=1S/C14H11N5O/c15-6-10-5-13(19-14(20)18-10)17-8-9-7-16-12-4-2-1-3-11(9)12/h1-5,7,16H,8H2,(H2,17,18,19,20). The van der Waals surface area contributed by atoms with Gasteiger partial charge in [0.05, 0.1) is 0 Å². The molecule has 3 rings (SSSR count). The monoisotopic (exact) mass is 265 g/mol. The molecular weight excluding hydrogens is 254 g/mol. The van der Waals surface area contributed by atoms with E-state index in [0.717, 1.165) is 16.5 Å². The van der Waals surface area contributed by atoms with Gasteiger partial charge in [-0.1, -0.05) is 18.2 Å². The molecule has 3 N–H and O–H groups in total. The van der Waals surface area contributed by atoms with Crippen LogP contribution in [0.3, 0.4) is 0 Å². The van der Waals surface area contributed by atoms with Crippen molar-refractivity contribution in [2.24, 2.45) is 0 Å². The van der Waals surface area contributed by atoms with Gasteiger partial charge in [-0.15, -0.1) is 0 Å². The van der Waals surface area contributed by atoms with E-state index in [1.54, 1.807) is 0 Å². The number of rotatable bonds is 3. The van der Waals surface area contributed by atoms with E-state index in [-0.39, 0.29) is 5.69 Å².